The third-order valence-electron chi connectivity index (χ3n) is 1.50. The summed E-state index contributed by atoms with van der Waals surface area (Å²) in [5.74, 6) is 0.131. The predicted molar refractivity (Wildman–Crippen MR) is 41.7 cm³/mol. The summed E-state index contributed by atoms with van der Waals surface area (Å²) in [6.07, 6.45) is 0. The lowest BCUT2D eigenvalue weighted by Crippen LogP contribution is -1.57. The molecule has 0 spiro atoms. The zero-order chi connectivity index (χ0) is 7.68. The molecule has 1 aromatic heterocycles. The second kappa shape index (κ2) is 2.20. The van der Waals surface area contributed by atoms with E-state index in [1.54, 1.807) is 12.1 Å². The summed E-state index contributed by atoms with van der Waals surface area (Å²) in [5.41, 5.74) is 0.696. The fourth-order valence-corrected chi connectivity index (χ4v) is 1.01. The molecule has 2 aromatic rings. The van der Waals surface area contributed by atoms with Gasteiger partial charge in [0.2, 0.25) is 0 Å². The molecule has 0 N–H and O–H groups in total. The van der Waals surface area contributed by atoms with E-state index < -0.39 is 0 Å². The molecule has 1 aromatic carbocycles. The number of fused-ring (bicyclic) bond motifs is 1. The maximum Gasteiger partial charge on any atom is 0.261 e. The highest BCUT2D eigenvalue weighted by Crippen LogP contribution is 2.23. The van der Waals surface area contributed by atoms with Crippen molar-refractivity contribution in [3.05, 3.63) is 35.2 Å². The van der Waals surface area contributed by atoms with Crippen molar-refractivity contribution in [3.8, 4) is 0 Å². The van der Waals surface area contributed by atoms with Gasteiger partial charge in [0.25, 0.3) is 5.88 Å². The maximum atomic E-state index is 10.0. The molecule has 0 aliphatic carbocycles. The van der Waals surface area contributed by atoms with E-state index in [4.69, 9.17) is 4.42 Å². The van der Waals surface area contributed by atoms with E-state index in [0.717, 1.165) is 5.39 Å². The van der Waals surface area contributed by atoms with E-state index in [9.17, 15) is 4.91 Å². The van der Waals surface area contributed by atoms with Crippen LogP contribution < -0.4 is 0 Å². The first-order valence-corrected chi connectivity index (χ1v) is 3.22. The third-order valence-corrected chi connectivity index (χ3v) is 1.50. The van der Waals surface area contributed by atoms with Crippen LogP contribution in [-0.2, 0) is 0 Å². The van der Waals surface area contributed by atoms with Crippen LogP contribution in [0.2, 0.25) is 0 Å². The molecule has 3 nitrogen and oxygen atoms in total. The number of benzene rings is 1. The van der Waals surface area contributed by atoms with Crippen LogP contribution in [0.1, 0.15) is 0 Å². The smallest absolute Gasteiger partial charge is 0.261 e. The molecule has 0 atom stereocenters. The Morgan fingerprint density at radius 1 is 1.27 bits per heavy atom. The average molecular weight is 147 g/mol. The third kappa shape index (κ3) is 0.902. The van der Waals surface area contributed by atoms with Gasteiger partial charge in [0.05, 0.1) is 0 Å². The molecular formula is C8H5NO2. The van der Waals surface area contributed by atoms with E-state index in [1.165, 1.54) is 0 Å². The number of hydrogen-bond donors (Lipinski definition) is 0. The van der Waals surface area contributed by atoms with Gasteiger partial charge in [0.15, 0.2) is 0 Å². The minimum Gasteiger partial charge on any atom is -0.436 e. The first kappa shape index (κ1) is 6.09. The Morgan fingerprint density at radius 3 is 2.82 bits per heavy atom. The highest BCUT2D eigenvalue weighted by atomic mass is 16.4. The van der Waals surface area contributed by atoms with Gasteiger partial charge in [-0.3, -0.25) is 0 Å². The van der Waals surface area contributed by atoms with Gasteiger partial charge in [-0.15, -0.1) is 4.91 Å². The minimum atomic E-state index is 0.131. The number of hydrogen-bond acceptors (Lipinski definition) is 3. The molecule has 0 saturated heterocycles. The van der Waals surface area contributed by atoms with Gasteiger partial charge in [-0.2, -0.15) is 0 Å². The van der Waals surface area contributed by atoms with Crippen molar-refractivity contribution in [3.63, 3.8) is 0 Å². The SMILES string of the molecule is O=Nc1cc2ccccc2o1. The van der Waals surface area contributed by atoms with Crippen molar-refractivity contribution >= 4 is 16.9 Å². The molecule has 0 amide bonds. The summed E-state index contributed by atoms with van der Waals surface area (Å²) in [6, 6.07) is 9.01. The lowest BCUT2D eigenvalue weighted by molar-refractivity contribution is 0.625. The average Bonchev–Trinajstić information content (AvgIpc) is 2.46. The summed E-state index contributed by atoms with van der Waals surface area (Å²) in [5, 5.41) is 3.60. The molecule has 0 saturated carbocycles. The van der Waals surface area contributed by atoms with Crippen LogP contribution in [0, 0.1) is 4.91 Å². The molecule has 11 heavy (non-hydrogen) atoms. The number of para-hydroxylation sites is 1. The van der Waals surface area contributed by atoms with Crippen LogP contribution in [0.4, 0.5) is 5.88 Å². The normalized spacial score (nSPS) is 10.2. The van der Waals surface area contributed by atoms with E-state index in [1.807, 2.05) is 18.2 Å². The maximum absolute atomic E-state index is 10.0. The Balaban J connectivity index is 2.78. The number of rotatable bonds is 1. The lowest BCUT2D eigenvalue weighted by Gasteiger charge is -1.81. The molecule has 0 fully saturated rings. The molecule has 1 heterocycles. The fraction of sp³-hybridized carbons (Fsp3) is 0. The highest BCUT2D eigenvalue weighted by molar-refractivity contribution is 5.79. The minimum absolute atomic E-state index is 0.131. The van der Waals surface area contributed by atoms with Crippen LogP contribution in [0.15, 0.2) is 39.9 Å². The highest BCUT2D eigenvalue weighted by Gasteiger charge is 2.00. The molecule has 0 radical (unpaired) electrons. The van der Waals surface area contributed by atoms with Crippen molar-refractivity contribution < 1.29 is 4.42 Å². The van der Waals surface area contributed by atoms with Crippen LogP contribution >= 0.6 is 0 Å². The topological polar surface area (TPSA) is 42.6 Å². The van der Waals surface area contributed by atoms with Crippen molar-refractivity contribution in [2.75, 3.05) is 0 Å². The second-order valence-electron chi connectivity index (χ2n) is 2.21. The monoisotopic (exact) mass is 147 g/mol. The van der Waals surface area contributed by atoms with Gasteiger partial charge < -0.3 is 4.42 Å². The first-order valence-electron chi connectivity index (χ1n) is 3.22. The summed E-state index contributed by atoms with van der Waals surface area (Å²) in [7, 11) is 0. The molecule has 0 bridgehead atoms. The predicted octanol–water partition coefficient (Wildman–Crippen LogP) is 2.83. The molecule has 3 heteroatoms. The van der Waals surface area contributed by atoms with Gasteiger partial charge in [0.1, 0.15) is 5.58 Å². The van der Waals surface area contributed by atoms with Gasteiger partial charge in [-0.1, -0.05) is 18.2 Å². The zero-order valence-electron chi connectivity index (χ0n) is 5.65. The second-order valence-corrected chi connectivity index (χ2v) is 2.21. The van der Waals surface area contributed by atoms with Gasteiger partial charge in [0, 0.05) is 16.6 Å². The quantitative estimate of drug-likeness (QED) is 0.582. The summed E-state index contributed by atoms with van der Waals surface area (Å²) in [6.45, 7) is 0. The summed E-state index contributed by atoms with van der Waals surface area (Å²) in [4.78, 5) is 10.0. The zero-order valence-corrected chi connectivity index (χ0v) is 5.65. The molecular weight excluding hydrogens is 142 g/mol. The Bertz CT molecular complexity index is 359. The molecule has 2 rings (SSSR count). The van der Waals surface area contributed by atoms with Crippen LogP contribution in [-0.4, -0.2) is 0 Å². The van der Waals surface area contributed by atoms with Crippen molar-refractivity contribution in [2.45, 2.75) is 0 Å². The first-order chi connectivity index (χ1) is 5.40. The molecule has 0 aliphatic rings. The largest absolute Gasteiger partial charge is 0.436 e. The fourth-order valence-electron chi connectivity index (χ4n) is 1.01. The summed E-state index contributed by atoms with van der Waals surface area (Å²) >= 11 is 0. The molecule has 0 aliphatic heterocycles. The van der Waals surface area contributed by atoms with Crippen molar-refractivity contribution in [1.29, 1.82) is 0 Å². The Morgan fingerprint density at radius 2 is 2.09 bits per heavy atom. The number of nitrogens with zero attached hydrogens (tertiary/aromatic N) is 1. The van der Waals surface area contributed by atoms with Gasteiger partial charge >= 0.3 is 0 Å². The van der Waals surface area contributed by atoms with Gasteiger partial charge in [-0.05, 0) is 6.07 Å². The summed E-state index contributed by atoms with van der Waals surface area (Å²) < 4.78 is 5.04. The van der Waals surface area contributed by atoms with Crippen LogP contribution in [0.3, 0.4) is 0 Å². The molecule has 0 unspecified atom stereocenters. The van der Waals surface area contributed by atoms with E-state index in [0.29, 0.717) is 5.58 Å². The van der Waals surface area contributed by atoms with E-state index >= 15 is 0 Å². The Hall–Kier alpha value is -1.64. The molecule has 54 valence electrons. The van der Waals surface area contributed by atoms with E-state index in [2.05, 4.69) is 5.18 Å². The van der Waals surface area contributed by atoms with E-state index in [-0.39, 0.29) is 5.88 Å². The Kier molecular flexibility index (Phi) is 1.22. The standard InChI is InChI=1S/C8H5NO2/c10-9-8-5-6-3-1-2-4-7(6)11-8/h1-5H. The van der Waals surface area contributed by atoms with Gasteiger partial charge in [-0.25, -0.2) is 0 Å². The van der Waals surface area contributed by atoms with Crippen LogP contribution in [0.5, 0.6) is 0 Å². The lowest BCUT2D eigenvalue weighted by atomic mass is 10.3. The van der Waals surface area contributed by atoms with Crippen molar-refractivity contribution in [1.82, 2.24) is 0 Å². The Labute approximate surface area is 62.6 Å². The van der Waals surface area contributed by atoms with Crippen LogP contribution in [0.25, 0.3) is 11.0 Å². The number of furan rings is 1. The number of nitroso groups, excluding NO2 is 1. The van der Waals surface area contributed by atoms with Crippen molar-refractivity contribution in [2.24, 2.45) is 5.18 Å².